The lowest BCUT2D eigenvalue weighted by Gasteiger charge is -2.22. The Morgan fingerprint density at radius 2 is 2.35 bits per heavy atom. The molecule has 0 fully saturated rings. The smallest absolute Gasteiger partial charge is 0.289 e. The van der Waals surface area contributed by atoms with Crippen molar-refractivity contribution in [2.24, 2.45) is 0 Å². The second kappa shape index (κ2) is 6.97. The average molecular weight is 349 g/mol. The van der Waals surface area contributed by atoms with E-state index in [-0.39, 0.29) is 11.9 Å². The number of hydrogen-bond acceptors (Lipinski definition) is 7. The Hall–Kier alpha value is -2.13. The molecule has 0 unspecified atom stereocenters. The van der Waals surface area contributed by atoms with Crippen LogP contribution < -0.4 is 0 Å². The molecule has 0 spiro atoms. The predicted molar refractivity (Wildman–Crippen MR) is 87.3 cm³/mol. The summed E-state index contributed by atoms with van der Waals surface area (Å²) in [6.45, 7) is 1.94. The minimum absolute atomic E-state index is 0.0976. The van der Waals surface area contributed by atoms with Crippen LogP contribution in [0.4, 0.5) is 0 Å². The number of amides is 1. The number of thioether (sulfide) groups is 1. The van der Waals surface area contributed by atoms with Crippen molar-refractivity contribution >= 4 is 29.0 Å². The molecule has 3 aromatic heterocycles. The van der Waals surface area contributed by atoms with Crippen molar-refractivity contribution in [3.05, 3.63) is 46.6 Å². The van der Waals surface area contributed by atoms with Crippen LogP contribution in [0.2, 0.25) is 0 Å². The van der Waals surface area contributed by atoms with Crippen LogP contribution in [0.5, 0.6) is 0 Å². The number of aromatic nitrogens is 4. The number of rotatable bonds is 6. The molecule has 3 rings (SSSR count). The highest BCUT2D eigenvalue weighted by atomic mass is 32.2. The van der Waals surface area contributed by atoms with Crippen LogP contribution >= 0.6 is 23.1 Å². The second-order valence-corrected chi connectivity index (χ2v) is 6.70. The highest BCUT2D eigenvalue weighted by molar-refractivity contribution is 7.98. The summed E-state index contributed by atoms with van der Waals surface area (Å²) < 4.78 is 5.64. The van der Waals surface area contributed by atoms with Gasteiger partial charge >= 0.3 is 0 Å². The van der Waals surface area contributed by atoms with Crippen molar-refractivity contribution in [2.45, 2.75) is 23.9 Å². The summed E-state index contributed by atoms with van der Waals surface area (Å²) in [7, 11) is 1.75. The molecule has 0 aliphatic heterocycles. The van der Waals surface area contributed by atoms with Gasteiger partial charge in [0.2, 0.25) is 0 Å². The Morgan fingerprint density at radius 3 is 3.04 bits per heavy atom. The molecule has 120 valence electrons. The highest BCUT2D eigenvalue weighted by Gasteiger charge is 2.23. The van der Waals surface area contributed by atoms with Crippen molar-refractivity contribution in [3.63, 3.8) is 0 Å². The number of furan rings is 1. The van der Waals surface area contributed by atoms with Crippen LogP contribution in [0, 0.1) is 0 Å². The minimum atomic E-state index is -0.163. The van der Waals surface area contributed by atoms with Gasteiger partial charge in [0.25, 0.3) is 5.91 Å². The number of thiazole rings is 1. The maximum absolute atomic E-state index is 12.5. The van der Waals surface area contributed by atoms with E-state index >= 15 is 0 Å². The molecule has 0 bridgehead atoms. The van der Waals surface area contributed by atoms with E-state index in [4.69, 9.17) is 4.42 Å². The lowest BCUT2D eigenvalue weighted by Crippen LogP contribution is -2.29. The van der Waals surface area contributed by atoms with E-state index in [9.17, 15) is 4.79 Å². The highest BCUT2D eigenvalue weighted by Crippen LogP contribution is 2.24. The molecule has 0 saturated carbocycles. The molecule has 3 heterocycles. The van der Waals surface area contributed by atoms with Crippen LogP contribution in [0.25, 0.3) is 0 Å². The molecule has 1 N–H and O–H groups in total. The first-order valence-electron chi connectivity index (χ1n) is 6.88. The van der Waals surface area contributed by atoms with Crippen molar-refractivity contribution < 1.29 is 9.21 Å². The molecular formula is C14H15N5O2S2. The van der Waals surface area contributed by atoms with E-state index in [1.807, 2.05) is 12.3 Å². The summed E-state index contributed by atoms with van der Waals surface area (Å²) in [6, 6.07) is 3.40. The summed E-state index contributed by atoms with van der Waals surface area (Å²) in [5.41, 5.74) is 0. The lowest BCUT2D eigenvalue weighted by atomic mass is 10.3. The van der Waals surface area contributed by atoms with Crippen LogP contribution in [-0.4, -0.2) is 38.0 Å². The van der Waals surface area contributed by atoms with Gasteiger partial charge in [0, 0.05) is 18.6 Å². The summed E-state index contributed by atoms with van der Waals surface area (Å²) in [6.07, 6.45) is 3.19. The van der Waals surface area contributed by atoms with Crippen LogP contribution in [0.15, 0.2) is 39.6 Å². The third kappa shape index (κ3) is 3.62. The van der Waals surface area contributed by atoms with Crippen LogP contribution in [-0.2, 0) is 5.75 Å². The normalized spacial score (nSPS) is 12.3. The Balaban J connectivity index is 1.63. The number of aromatic amines is 1. The lowest BCUT2D eigenvalue weighted by molar-refractivity contribution is 0.0708. The number of carbonyl (C=O) groups excluding carboxylic acids is 1. The molecule has 0 saturated heterocycles. The number of hydrogen-bond donors (Lipinski definition) is 1. The van der Waals surface area contributed by atoms with Crippen LogP contribution in [0.1, 0.15) is 34.3 Å². The van der Waals surface area contributed by atoms with Crippen molar-refractivity contribution in [3.8, 4) is 0 Å². The monoisotopic (exact) mass is 349 g/mol. The average Bonchev–Trinajstić information content (AvgIpc) is 3.33. The Labute approximate surface area is 141 Å². The fourth-order valence-electron chi connectivity index (χ4n) is 1.93. The summed E-state index contributed by atoms with van der Waals surface area (Å²) in [5, 5.41) is 10.1. The first-order valence-corrected chi connectivity index (χ1v) is 8.75. The number of nitrogens with one attached hydrogen (secondary N) is 1. The fourth-order valence-corrected chi connectivity index (χ4v) is 3.34. The van der Waals surface area contributed by atoms with E-state index in [1.54, 1.807) is 30.3 Å². The quantitative estimate of drug-likeness (QED) is 0.688. The third-order valence-corrected chi connectivity index (χ3v) is 5.17. The zero-order valence-corrected chi connectivity index (χ0v) is 14.2. The van der Waals surface area contributed by atoms with Gasteiger partial charge in [-0.2, -0.15) is 5.10 Å². The maximum atomic E-state index is 12.5. The minimum Gasteiger partial charge on any atom is -0.455 e. The van der Waals surface area contributed by atoms with Gasteiger partial charge in [0.15, 0.2) is 10.9 Å². The van der Waals surface area contributed by atoms with Gasteiger partial charge in [-0.15, -0.1) is 11.3 Å². The van der Waals surface area contributed by atoms with Gasteiger partial charge < -0.3 is 9.32 Å². The Morgan fingerprint density at radius 1 is 1.48 bits per heavy atom. The molecule has 0 aromatic carbocycles. The van der Waals surface area contributed by atoms with Gasteiger partial charge in [-0.3, -0.25) is 9.89 Å². The number of nitrogens with zero attached hydrogens (tertiary/aromatic N) is 4. The summed E-state index contributed by atoms with van der Waals surface area (Å²) in [5.74, 6) is 1.45. The molecule has 1 amide bonds. The molecule has 23 heavy (non-hydrogen) atoms. The van der Waals surface area contributed by atoms with E-state index in [0.717, 1.165) is 5.01 Å². The van der Waals surface area contributed by atoms with Gasteiger partial charge in [-0.25, -0.2) is 9.97 Å². The van der Waals surface area contributed by atoms with Crippen LogP contribution in [0.3, 0.4) is 0 Å². The first-order chi connectivity index (χ1) is 11.1. The molecule has 7 nitrogen and oxygen atoms in total. The van der Waals surface area contributed by atoms with Crippen molar-refractivity contribution in [2.75, 3.05) is 7.05 Å². The zero-order valence-electron chi connectivity index (χ0n) is 12.6. The van der Waals surface area contributed by atoms with Gasteiger partial charge in [-0.05, 0) is 19.1 Å². The van der Waals surface area contributed by atoms with E-state index in [0.29, 0.717) is 22.4 Å². The molecule has 3 aromatic rings. The molecule has 9 heteroatoms. The van der Waals surface area contributed by atoms with Crippen molar-refractivity contribution in [1.29, 1.82) is 0 Å². The Bertz CT molecular complexity index is 754. The molecular weight excluding hydrogens is 334 g/mol. The summed E-state index contributed by atoms with van der Waals surface area (Å²) >= 11 is 2.99. The number of carbonyl (C=O) groups is 1. The van der Waals surface area contributed by atoms with Gasteiger partial charge in [-0.1, -0.05) is 11.8 Å². The zero-order chi connectivity index (χ0) is 16.2. The van der Waals surface area contributed by atoms with Gasteiger partial charge in [0.1, 0.15) is 17.1 Å². The second-order valence-electron chi connectivity index (χ2n) is 4.81. The maximum Gasteiger partial charge on any atom is 0.289 e. The number of H-pyrrole nitrogens is 1. The first kappa shape index (κ1) is 15.8. The molecule has 0 radical (unpaired) electrons. The largest absolute Gasteiger partial charge is 0.455 e. The standard InChI is InChI=1S/C14H15N5O2S2/c1-9(12-15-5-6-22-12)19(2)13(20)11-4-3-10(21-11)7-23-14-16-8-17-18-14/h3-6,8-9H,7H2,1-2H3,(H,16,17,18)/t9-/m1/s1. The van der Waals surface area contributed by atoms with Crippen molar-refractivity contribution in [1.82, 2.24) is 25.1 Å². The van der Waals surface area contributed by atoms with E-state index < -0.39 is 0 Å². The summed E-state index contributed by atoms with van der Waals surface area (Å²) in [4.78, 5) is 22.4. The van der Waals surface area contributed by atoms with E-state index in [2.05, 4.69) is 20.2 Å². The molecule has 0 aliphatic rings. The molecule has 0 aliphatic carbocycles. The van der Waals surface area contributed by atoms with E-state index in [1.165, 1.54) is 29.4 Å². The fraction of sp³-hybridized carbons (Fsp3) is 0.286. The van der Waals surface area contributed by atoms with Gasteiger partial charge in [0.05, 0.1) is 11.8 Å². The SMILES string of the molecule is C[C@H](c1nccs1)N(C)C(=O)c1ccc(CSc2ncn[nH]2)o1. The third-order valence-electron chi connectivity index (χ3n) is 3.33. The molecule has 1 atom stereocenters. The topological polar surface area (TPSA) is 87.9 Å². The Kier molecular flexibility index (Phi) is 4.77. The predicted octanol–water partition coefficient (Wildman–Crippen LogP) is 2.98.